The second-order valence-electron chi connectivity index (χ2n) is 3.97. The number of rotatable bonds is 1. The summed E-state index contributed by atoms with van der Waals surface area (Å²) < 4.78 is 0. The summed E-state index contributed by atoms with van der Waals surface area (Å²) >= 11 is 0. The van der Waals surface area contributed by atoms with Gasteiger partial charge in [0.05, 0.1) is 11.7 Å². The molecule has 0 saturated carbocycles. The van der Waals surface area contributed by atoms with Crippen molar-refractivity contribution < 1.29 is 15.0 Å². The van der Waals surface area contributed by atoms with Crippen LogP contribution >= 0.6 is 0 Å². The van der Waals surface area contributed by atoms with Gasteiger partial charge in [0.1, 0.15) is 5.75 Å². The number of aliphatic hydroxyl groups excluding tert-OH is 1. The van der Waals surface area contributed by atoms with Crippen molar-refractivity contribution in [3.05, 3.63) is 23.8 Å². The van der Waals surface area contributed by atoms with Gasteiger partial charge in [0.15, 0.2) is 0 Å². The fraction of sp³-hybridized carbons (Fsp3) is 0.364. The molecule has 1 aliphatic rings. The maximum Gasteiger partial charge on any atom is 0.256 e. The summed E-state index contributed by atoms with van der Waals surface area (Å²) in [7, 11) is 0. The molecule has 1 saturated heterocycles. The van der Waals surface area contributed by atoms with Crippen LogP contribution in [0.25, 0.3) is 0 Å². The maximum atomic E-state index is 12.0. The highest BCUT2D eigenvalue weighted by molar-refractivity contribution is 5.99. The Bertz CT molecular complexity index is 420. The van der Waals surface area contributed by atoms with E-state index in [1.54, 1.807) is 0 Å². The molecule has 16 heavy (non-hydrogen) atoms. The van der Waals surface area contributed by atoms with Crippen molar-refractivity contribution in [1.82, 2.24) is 4.90 Å². The van der Waals surface area contributed by atoms with Gasteiger partial charge in [-0.15, -0.1) is 0 Å². The van der Waals surface area contributed by atoms with Crippen LogP contribution in [0, 0.1) is 0 Å². The summed E-state index contributed by atoms with van der Waals surface area (Å²) in [5.41, 5.74) is 6.29. The molecule has 0 bridgehead atoms. The number of β-amino-alcohol motifs (C(OH)–C–C–N with tert-alkyl or cyclic N) is 1. The number of likely N-dealkylation sites (tertiary alicyclic amines) is 1. The highest BCUT2D eigenvalue weighted by atomic mass is 16.3. The number of aliphatic hydroxyl groups is 1. The minimum atomic E-state index is -0.456. The molecule has 1 heterocycles. The molecular formula is C11H14N2O3. The van der Waals surface area contributed by atoms with E-state index < -0.39 is 6.10 Å². The number of phenolic OH excluding ortho intramolecular Hbond substituents is 1. The summed E-state index contributed by atoms with van der Waals surface area (Å²) in [5.74, 6) is -0.234. The summed E-state index contributed by atoms with van der Waals surface area (Å²) in [6.45, 7) is 0.850. The van der Waals surface area contributed by atoms with Gasteiger partial charge in [-0.25, -0.2) is 0 Å². The van der Waals surface area contributed by atoms with Crippen molar-refractivity contribution in [1.29, 1.82) is 0 Å². The SMILES string of the molecule is Nc1ccc(O)cc1C(=O)N1CC[C@H](O)C1. The molecular weight excluding hydrogens is 208 g/mol. The van der Waals surface area contributed by atoms with Crippen molar-refractivity contribution in [2.24, 2.45) is 0 Å². The van der Waals surface area contributed by atoms with Gasteiger partial charge in [-0.1, -0.05) is 0 Å². The van der Waals surface area contributed by atoms with Gasteiger partial charge in [-0.2, -0.15) is 0 Å². The molecule has 0 aliphatic carbocycles. The summed E-state index contributed by atoms with van der Waals surface area (Å²) in [6.07, 6.45) is 0.132. The predicted molar refractivity (Wildman–Crippen MR) is 59.0 cm³/mol. The number of hydrogen-bond acceptors (Lipinski definition) is 4. The molecule has 1 aliphatic heterocycles. The highest BCUT2D eigenvalue weighted by Gasteiger charge is 2.26. The molecule has 4 N–H and O–H groups in total. The Labute approximate surface area is 93.1 Å². The van der Waals surface area contributed by atoms with E-state index in [1.165, 1.54) is 23.1 Å². The normalized spacial score (nSPS) is 20.1. The number of hydrogen-bond donors (Lipinski definition) is 3. The third kappa shape index (κ3) is 1.94. The van der Waals surface area contributed by atoms with E-state index in [1.807, 2.05) is 0 Å². The van der Waals surface area contributed by atoms with Crippen molar-refractivity contribution in [2.45, 2.75) is 12.5 Å². The number of amides is 1. The zero-order valence-electron chi connectivity index (χ0n) is 8.76. The van der Waals surface area contributed by atoms with Crippen LogP contribution in [0.2, 0.25) is 0 Å². The van der Waals surface area contributed by atoms with Crippen LogP contribution in [-0.4, -0.2) is 40.2 Å². The summed E-state index contributed by atoms with van der Waals surface area (Å²) in [4.78, 5) is 13.5. The van der Waals surface area contributed by atoms with E-state index in [2.05, 4.69) is 0 Å². The fourth-order valence-electron chi connectivity index (χ4n) is 1.83. The Morgan fingerprint density at radius 2 is 2.25 bits per heavy atom. The lowest BCUT2D eigenvalue weighted by molar-refractivity contribution is 0.0765. The molecule has 0 radical (unpaired) electrons. The van der Waals surface area contributed by atoms with Gasteiger partial charge in [0.25, 0.3) is 5.91 Å². The minimum absolute atomic E-state index is 0.0114. The van der Waals surface area contributed by atoms with Crippen molar-refractivity contribution in [2.75, 3.05) is 18.8 Å². The second-order valence-corrected chi connectivity index (χ2v) is 3.97. The van der Waals surface area contributed by atoms with Crippen molar-refractivity contribution in [3.8, 4) is 5.75 Å². The van der Waals surface area contributed by atoms with Crippen LogP contribution in [0.1, 0.15) is 16.8 Å². The van der Waals surface area contributed by atoms with E-state index in [0.717, 1.165) is 0 Å². The summed E-state index contributed by atoms with van der Waals surface area (Å²) in [6, 6.07) is 4.28. The van der Waals surface area contributed by atoms with Gasteiger partial charge in [0, 0.05) is 18.8 Å². The molecule has 1 amide bonds. The Kier molecular flexibility index (Phi) is 2.70. The topological polar surface area (TPSA) is 86.8 Å². The quantitative estimate of drug-likeness (QED) is 0.467. The molecule has 1 aromatic carbocycles. The number of phenols is 1. The maximum absolute atomic E-state index is 12.0. The van der Waals surface area contributed by atoms with Gasteiger partial charge < -0.3 is 20.8 Å². The lowest BCUT2D eigenvalue weighted by atomic mass is 10.1. The monoisotopic (exact) mass is 222 g/mol. The first kappa shape index (κ1) is 10.8. The lowest BCUT2D eigenvalue weighted by Gasteiger charge is -2.16. The van der Waals surface area contributed by atoms with E-state index in [-0.39, 0.29) is 17.2 Å². The van der Waals surface area contributed by atoms with Gasteiger partial charge in [-0.3, -0.25) is 4.79 Å². The largest absolute Gasteiger partial charge is 0.508 e. The summed E-state index contributed by atoms with van der Waals surface area (Å²) in [5, 5.41) is 18.7. The highest BCUT2D eigenvalue weighted by Crippen LogP contribution is 2.22. The first-order valence-corrected chi connectivity index (χ1v) is 5.14. The molecule has 86 valence electrons. The first-order chi connectivity index (χ1) is 7.58. The van der Waals surface area contributed by atoms with Crippen molar-refractivity contribution >= 4 is 11.6 Å². The average molecular weight is 222 g/mol. The van der Waals surface area contributed by atoms with E-state index in [0.29, 0.717) is 25.2 Å². The van der Waals surface area contributed by atoms with Gasteiger partial charge >= 0.3 is 0 Å². The Morgan fingerprint density at radius 3 is 2.88 bits per heavy atom. The van der Waals surface area contributed by atoms with Crippen LogP contribution < -0.4 is 5.73 Å². The van der Waals surface area contributed by atoms with Crippen LogP contribution in [0.3, 0.4) is 0 Å². The zero-order chi connectivity index (χ0) is 11.7. The lowest BCUT2D eigenvalue weighted by Crippen LogP contribution is -2.30. The number of aromatic hydroxyl groups is 1. The van der Waals surface area contributed by atoms with E-state index >= 15 is 0 Å². The number of carbonyl (C=O) groups excluding carboxylic acids is 1. The Morgan fingerprint density at radius 1 is 1.50 bits per heavy atom. The number of nitrogen functional groups attached to an aromatic ring is 1. The smallest absolute Gasteiger partial charge is 0.256 e. The molecule has 1 aromatic rings. The molecule has 5 nitrogen and oxygen atoms in total. The Balaban J connectivity index is 2.23. The predicted octanol–water partition coefficient (Wildman–Crippen LogP) is 0.181. The Hall–Kier alpha value is -1.75. The first-order valence-electron chi connectivity index (χ1n) is 5.14. The standard InChI is InChI=1S/C11H14N2O3/c12-10-2-1-7(14)5-9(10)11(16)13-4-3-8(15)6-13/h1-2,5,8,14-15H,3-4,6,12H2/t8-/m0/s1. The third-order valence-corrected chi connectivity index (χ3v) is 2.72. The zero-order valence-corrected chi connectivity index (χ0v) is 8.76. The molecule has 0 aromatic heterocycles. The number of anilines is 1. The number of carbonyl (C=O) groups is 1. The number of benzene rings is 1. The molecule has 1 fully saturated rings. The fourth-order valence-corrected chi connectivity index (χ4v) is 1.83. The van der Waals surface area contributed by atoms with Gasteiger partial charge in [0.2, 0.25) is 0 Å². The number of nitrogens with two attached hydrogens (primary N) is 1. The van der Waals surface area contributed by atoms with Crippen molar-refractivity contribution in [3.63, 3.8) is 0 Å². The molecule has 5 heteroatoms. The van der Waals surface area contributed by atoms with Crippen LogP contribution in [-0.2, 0) is 0 Å². The van der Waals surface area contributed by atoms with E-state index in [4.69, 9.17) is 5.73 Å². The van der Waals surface area contributed by atoms with E-state index in [9.17, 15) is 15.0 Å². The van der Waals surface area contributed by atoms with Gasteiger partial charge in [-0.05, 0) is 24.6 Å². The molecule has 0 spiro atoms. The average Bonchev–Trinajstić information content (AvgIpc) is 2.67. The van der Waals surface area contributed by atoms with Crippen LogP contribution in [0.15, 0.2) is 18.2 Å². The molecule has 2 rings (SSSR count). The number of nitrogens with zero attached hydrogens (tertiary/aromatic N) is 1. The molecule has 0 unspecified atom stereocenters. The van der Waals surface area contributed by atoms with Crippen LogP contribution in [0.5, 0.6) is 5.75 Å². The molecule has 1 atom stereocenters. The third-order valence-electron chi connectivity index (χ3n) is 2.72. The second kappa shape index (κ2) is 4.02. The minimum Gasteiger partial charge on any atom is -0.508 e. The van der Waals surface area contributed by atoms with Crippen LogP contribution in [0.4, 0.5) is 5.69 Å².